The molecule has 2 fully saturated rings. The summed E-state index contributed by atoms with van der Waals surface area (Å²) in [6.45, 7) is 4.32. The Hall–Kier alpha value is -2.79. The first-order valence-corrected chi connectivity index (χ1v) is 12.5. The molecule has 3 aromatic heterocycles. The van der Waals surface area contributed by atoms with Gasteiger partial charge in [0.15, 0.2) is 0 Å². The molecular formula is C24H28N6O3S. The summed E-state index contributed by atoms with van der Waals surface area (Å²) in [5, 5.41) is 4.01. The highest BCUT2D eigenvalue weighted by Gasteiger charge is 2.50. The Kier molecular flexibility index (Phi) is 5.21. The fraction of sp³-hybridized carbons (Fsp3) is 0.458. The number of nitrogens with two attached hydrogens (primary N) is 2. The number of anilines is 2. The fourth-order valence-electron chi connectivity index (χ4n) is 5.18. The maximum absolute atomic E-state index is 13.0. The van der Waals surface area contributed by atoms with E-state index in [0.717, 1.165) is 52.2 Å². The second-order valence-corrected chi connectivity index (χ2v) is 10.3. The lowest BCUT2D eigenvalue weighted by atomic mass is 9.91. The maximum Gasteiger partial charge on any atom is 0.263 e. The molecule has 2 aliphatic heterocycles. The number of fused-ring (bicyclic) bond motifs is 2. The molecule has 0 bridgehead atoms. The number of pyridine rings is 2. The van der Waals surface area contributed by atoms with Crippen LogP contribution < -0.4 is 21.7 Å². The number of thiophene rings is 1. The van der Waals surface area contributed by atoms with E-state index in [0.29, 0.717) is 36.9 Å². The molecule has 5 heterocycles. The van der Waals surface area contributed by atoms with Crippen molar-refractivity contribution in [3.63, 3.8) is 0 Å². The predicted molar refractivity (Wildman–Crippen MR) is 131 cm³/mol. The summed E-state index contributed by atoms with van der Waals surface area (Å²) in [4.78, 5) is 25.9. The normalized spacial score (nSPS) is 23.5. The highest BCUT2D eigenvalue weighted by atomic mass is 32.1. The zero-order valence-corrected chi connectivity index (χ0v) is 19.9. The third-order valence-electron chi connectivity index (χ3n) is 7.02. The molecular weight excluding hydrogens is 452 g/mol. The van der Waals surface area contributed by atoms with Gasteiger partial charge in [0.05, 0.1) is 31.5 Å². The fourth-order valence-corrected chi connectivity index (χ4v) is 6.23. The summed E-state index contributed by atoms with van der Waals surface area (Å²) < 4.78 is 11.7. The van der Waals surface area contributed by atoms with E-state index in [-0.39, 0.29) is 18.0 Å². The lowest BCUT2D eigenvalue weighted by molar-refractivity contribution is -0.147. The standard InChI is InChI=1S/C24H28N6O3S/c1-13-2-5-16-20(26)21(34-23(16)27-13)22(31)28-15-4-6-17-14(10-15)3-7-19(29-17)30-11-18(25)24(12-30)32-8-9-33-24/h2-3,5,7,15,18H,4,6,8-12,25-26H2,1H3,(H,28,31)/t15-,18+/m0/s1. The van der Waals surface area contributed by atoms with Gasteiger partial charge in [-0.3, -0.25) is 4.79 Å². The van der Waals surface area contributed by atoms with Crippen molar-refractivity contribution >= 4 is 39.0 Å². The van der Waals surface area contributed by atoms with Crippen molar-refractivity contribution in [3.05, 3.63) is 46.1 Å². The molecule has 2 saturated heterocycles. The molecule has 0 radical (unpaired) electrons. The number of aryl methyl sites for hydroxylation is 2. The van der Waals surface area contributed by atoms with E-state index in [9.17, 15) is 4.79 Å². The van der Waals surface area contributed by atoms with Crippen molar-refractivity contribution in [2.24, 2.45) is 5.73 Å². The van der Waals surface area contributed by atoms with Crippen LogP contribution in [0.2, 0.25) is 0 Å². The first kappa shape index (κ1) is 21.7. The Labute approximate surface area is 201 Å². The average Bonchev–Trinajstić information content (AvgIpc) is 3.52. The number of nitrogen functional groups attached to an aromatic ring is 1. The highest BCUT2D eigenvalue weighted by Crippen LogP contribution is 2.34. The first-order chi connectivity index (χ1) is 16.4. The second kappa shape index (κ2) is 8.16. The van der Waals surface area contributed by atoms with E-state index in [4.69, 9.17) is 25.9 Å². The van der Waals surface area contributed by atoms with Gasteiger partial charge in [-0.05, 0) is 49.9 Å². The molecule has 6 rings (SSSR count). The van der Waals surface area contributed by atoms with E-state index in [1.165, 1.54) is 11.3 Å². The van der Waals surface area contributed by atoms with Crippen LogP contribution in [0.1, 0.15) is 33.0 Å². The Bertz CT molecular complexity index is 1270. The Balaban J connectivity index is 1.15. The van der Waals surface area contributed by atoms with Gasteiger partial charge in [0, 0.05) is 29.4 Å². The number of carbonyl (C=O) groups excluding carboxylic acids is 1. The van der Waals surface area contributed by atoms with Gasteiger partial charge >= 0.3 is 0 Å². The lowest BCUT2D eigenvalue weighted by Crippen LogP contribution is -2.47. The van der Waals surface area contributed by atoms with Crippen LogP contribution in [-0.4, -0.2) is 60.0 Å². The van der Waals surface area contributed by atoms with E-state index < -0.39 is 5.79 Å². The zero-order chi connectivity index (χ0) is 23.4. The van der Waals surface area contributed by atoms with Crippen LogP contribution in [0.15, 0.2) is 24.3 Å². The van der Waals surface area contributed by atoms with E-state index in [1.54, 1.807) is 0 Å². The molecule has 0 saturated carbocycles. The third-order valence-corrected chi connectivity index (χ3v) is 8.13. The molecule has 9 nitrogen and oxygen atoms in total. The largest absolute Gasteiger partial charge is 0.397 e. The van der Waals surface area contributed by atoms with E-state index in [2.05, 4.69) is 21.3 Å². The van der Waals surface area contributed by atoms with Gasteiger partial charge in [-0.1, -0.05) is 6.07 Å². The maximum atomic E-state index is 13.0. The monoisotopic (exact) mass is 480 g/mol. The number of aromatic nitrogens is 2. The van der Waals surface area contributed by atoms with Crippen molar-refractivity contribution in [1.82, 2.24) is 15.3 Å². The van der Waals surface area contributed by atoms with Crippen LogP contribution in [0.5, 0.6) is 0 Å². The quantitative estimate of drug-likeness (QED) is 0.517. The molecule has 1 spiro atoms. The number of rotatable bonds is 3. The molecule has 34 heavy (non-hydrogen) atoms. The number of carbonyl (C=O) groups is 1. The van der Waals surface area contributed by atoms with Crippen LogP contribution in [0.3, 0.4) is 0 Å². The number of hydrogen-bond acceptors (Lipinski definition) is 9. The minimum atomic E-state index is -0.713. The summed E-state index contributed by atoms with van der Waals surface area (Å²) in [5.74, 6) is 0.0490. The van der Waals surface area contributed by atoms with Gasteiger partial charge in [-0.15, -0.1) is 11.3 Å². The third kappa shape index (κ3) is 3.61. The first-order valence-electron chi connectivity index (χ1n) is 11.7. The van der Waals surface area contributed by atoms with Crippen molar-refractivity contribution in [3.8, 4) is 0 Å². The molecule has 178 valence electrons. The minimum Gasteiger partial charge on any atom is -0.397 e. The SMILES string of the molecule is Cc1ccc2c(N)c(C(=O)N[C@H]3CCc4nc(N5C[C@@H](N)C6(C5)OCCO6)ccc4C3)sc2n1. The summed E-state index contributed by atoms with van der Waals surface area (Å²) >= 11 is 1.35. The summed E-state index contributed by atoms with van der Waals surface area (Å²) in [7, 11) is 0. The Morgan fingerprint density at radius 2 is 2.06 bits per heavy atom. The van der Waals surface area contributed by atoms with Gasteiger partial charge in [-0.25, -0.2) is 9.97 Å². The van der Waals surface area contributed by atoms with Crippen molar-refractivity contribution in [1.29, 1.82) is 0 Å². The van der Waals surface area contributed by atoms with Crippen molar-refractivity contribution in [2.45, 2.75) is 44.1 Å². The molecule has 3 aliphatic rings. The van der Waals surface area contributed by atoms with Crippen LogP contribution >= 0.6 is 11.3 Å². The van der Waals surface area contributed by atoms with Gasteiger partial charge in [0.1, 0.15) is 15.5 Å². The topological polar surface area (TPSA) is 129 Å². The predicted octanol–water partition coefficient (Wildman–Crippen LogP) is 1.76. The smallest absolute Gasteiger partial charge is 0.263 e. The number of hydrogen-bond donors (Lipinski definition) is 3. The van der Waals surface area contributed by atoms with Crippen molar-refractivity contribution in [2.75, 3.05) is 36.9 Å². The van der Waals surface area contributed by atoms with Crippen LogP contribution in [0.4, 0.5) is 11.5 Å². The van der Waals surface area contributed by atoms with Gasteiger partial charge in [0.2, 0.25) is 5.79 Å². The molecule has 10 heteroatoms. The highest BCUT2D eigenvalue weighted by molar-refractivity contribution is 7.21. The molecule has 1 aliphatic carbocycles. The van der Waals surface area contributed by atoms with Gasteiger partial charge < -0.3 is 31.2 Å². The van der Waals surface area contributed by atoms with Crippen molar-refractivity contribution < 1.29 is 14.3 Å². The summed E-state index contributed by atoms with van der Waals surface area (Å²) in [5.41, 5.74) is 16.2. The molecule has 3 aromatic rings. The molecule has 1 amide bonds. The minimum absolute atomic E-state index is 0.0377. The number of ether oxygens (including phenoxy) is 2. The summed E-state index contributed by atoms with van der Waals surface area (Å²) in [6, 6.07) is 7.82. The Morgan fingerprint density at radius 1 is 1.24 bits per heavy atom. The van der Waals surface area contributed by atoms with Crippen LogP contribution in [0, 0.1) is 6.92 Å². The molecule has 0 aromatic carbocycles. The zero-order valence-electron chi connectivity index (χ0n) is 19.0. The van der Waals surface area contributed by atoms with Gasteiger partial charge in [0.25, 0.3) is 5.91 Å². The number of nitrogens with zero attached hydrogens (tertiary/aromatic N) is 3. The van der Waals surface area contributed by atoms with E-state index >= 15 is 0 Å². The molecule has 5 N–H and O–H groups in total. The van der Waals surface area contributed by atoms with Gasteiger partial charge in [-0.2, -0.15) is 0 Å². The van der Waals surface area contributed by atoms with Crippen LogP contribution in [0.25, 0.3) is 10.2 Å². The number of nitrogens with one attached hydrogen (secondary N) is 1. The Morgan fingerprint density at radius 3 is 2.88 bits per heavy atom. The van der Waals surface area contributed by atoms with E-state index in [1.807, 2.05) is 25.1 Å². The number of amides is 1. The van der Waals surface area contributed by atoms with Crippen LogP contribution in [-0.2, 0) is 22.3 Å². The second-order valence-electron chi connectivity index (χ2n) is 9.33. The summed E-state index contributed by atoms with van der Waals surface area (Å²) in [6.07, 6.45) is 2.37. The lowest BCUT2D eigenvalue weighted by Gasteiger charge is -2.27. The molecule has 0 unspecified atom stereocenters. The molecule has 2 atom stereocenters. The average molecular weight is 481 g/mol.